The number of carbonyl (C=O) groups excluding carboxylic acids is 1. The second-order valence-corrected chi connectivity index (χ2v) is 8.42. The third kappa shape index (κ3) is 3.09. The van der Waals surface area contributed by atoms with Crippen molar-refractivity contribution >= 4 is 22.6 Å². The number of aromatic nitrogens is 3. The van der Waals surface area contributed by atoms with Crippen molar-refractivity contribution in [3.05, 3.63) is 71.5 Å². The molecule has 0 saturated carbocycles. The first-order chi connectivity index (χ1) is 15.7. The van der Waals surface area contributed by atoms with E-state index < -0.39 is 0 Å². The molecule has 0 fully saturated rings. The molecule has 0 saturated heterocycles. The van der Waals surface area contributed by atoms with Gasteiger partial charge in [0.25, 0.3) is 0 Å². The fourth-order valence-corrected chi connectivity index (χ4v) is 4.79. The van der Waals surface area contributed by atoms with Gasteiger partial charge in [-0.05, 0) is 55.7 Å². The molecule has 4 aromatic rings. The predicted octanol–water partition coefficient (Wildman–Crippen LogP) is 5.19. The van der Waals surface area contributed by atoms with Gasteiger partial charge in [0.05, 0.1) is 24.7 Å². The molecule has 2 aliphatic rings. The van der Waals surface area contributed by atoms with E-state index in [0.717, 1.165) is 63.3 Å². The lowest BCUT2D eigenvalue weighted by molar-refractivity contribution is 0.176. The minimum absolute atomic E-state index is 0.0239. The van der Waals surface area contributed by atoms with E-state index in [9.17, 15) is 4.79 Å². The standard InChI is InChI=1S/C25H23N5O2/c1-15-11-16(8-9-26-15)24-19-12-17-14-30(25(31)27-20(17)13-21(19)28-29-24)22-6-4-10-32-23-7-3-2-5-18(22)23/h2-3,5,7-9,11-13,22H,4,6,10,14H2,1H3,(H,27,31)(H,28,29). The molecule has 2 aromatic heterocycles. The van der Waals surface area contributed by atoms with Crippen molar-refractivity contribution in [2.45, 2.75) is 32.4 Å². The molecule has 32 heavy (non-hydrogen) atoms. The number of hydrogen-bond acceptors (Lipinski definition) is 4. The molecular weight excluding hydrogens is 402 g/mol. The van der Waals surface area contributed by atoms with E-state index in [1.807, 2.05) is 48.2 Å². The zero-order valence-electron chi connectivity index (χ0n) is 17.8. The highest BCUT2D eigenvalue weighted by Gasteiger charge is 2.33. The maximum absolute atomic E-state index is 13.1. The van der Waals surface area contributed by atoms with Crippen molar-refractivity contribution in [2.24, 2.45) is 0 Å². The van der Waals surface area contributed by atoms with Crippen molar-refractivity contribution in [1.29, 1.82) is 0 Å². The van der Waals surface area contributed by atoms with Gasteiger partial charge in [0.15, 0.2) is 0 Å². The van der Waals surface area contributed by atoms with Crippen molar-refractivity contribution in [3.8, 4) is 17.0 Å². The van der Waals surface area contributed by atoms with Gasteiger partial charge in [0.2, 0.25) is 0 Å². The van der Waals surface area contributed by atoms with Crippen molar-refractivity contribution in [3.63, 3.8) is 0 Å². The average molecular weight is 425 g/mol. The van der Waals surface area contributed by atoms with Gasteiger partial charge < -0.3 is 15.0 Å². The molecule has 0 spiro atoms. The molecule has 1 atom stereocenters. The number of anilines is 1. The summed E-state index contributed by atoms with van der Waals surface area (Å²) in [5, 5.41) is 11.8. The first-order valence-electron chi connectivity index (χ1n) is 10.9. The van der Waals surface area contributed by atoms with Crippen LogP contribution in [0.1, 0.15) is 35.7 Å². The Bertz CT molecular complexity index is 1350. The summed E-state index contributed by atoms with van der Waals surface area (Å²) < 4.78 is 5.92. The Morgan fingerprint density at radius 2 is 2.06 bits per heavy atom. The van der Waals surface area contributed by atoms with E-state index >= 15 is 0 Å². The van der Waals surface area contributed by atoms with E-state index in [-0.39, 0.29) is 12.1 Å². The first kappa shape index (κ1) is 18.9. The number of hydrogen-bond donors (Lipinski definition) is 2. The van der Waals surface area contributed by atoms with E-state index in [0.29, 0.717) is 13.2 Å². The summed E-state index contributed by atoms with van der Waals surface area (Å²) in [5.41, 5.74) is 6.74. The number of ether oxygens (including phenoxy) is 1. The lowest BCUT2D eigenvalue weighted by Gasteiger charge is -2.36. The zero-order chi connectivity index (χ0) is 21.7. The number of para-hydroxylation sites is 1. The summed E-state index contributed by atoms with van der Waals surface area (Å²) in [4.78, 5) is 19.3. The fraction of sp³-hybridized carbons (Fsp3) is 0.240. The highest BCUT2D eigenvalue weighted by atomic mass is 16.5. The summed E-state index contributed by atoms with van der Waals surface area (Å²) in [6.45, 7) is 3.18. The van der Waals surface area contributed by atoms with Crippen LogP contribution >= 0.6 is 0 Å². The fourth-order valence-electron chi connectivity index (χ4n) is 4.79. The summed E-state index contributed by atoms with van der Waals surface area (Å²) in [6, 6.07) is 16.1. The zero-order valence-corrected chi connectivity index (χ0v) is 17.8. The molecule has 7 nitrogen and oxygen atoms in total. The van der Waals surface area contributed by atoms with Crippen molar-refractivity contribution < 1.29 is 9.53 Å². The third-order valence-corrected chi connectivity index (χ3v) is 6.33. The topological polar surface area (TPSA) is 83.1 Å². The molecule has 0 radical (unpaired) electrons. The average Bonchev–Trinajstić information content (AvgIpc) is 3.08. The SMILES string of the molecule is Cc1cc(-c2n[nH]c3cc4c(cc23)CN(C2CCCOc3ccccc32)C(=O)N4)ccn1. The van der Waals surface area contributed by atoms with Crippen LogP contribution in [0.3, 0.4) is 0 Å². The van der Waals surface area contributed by atoms with Gasteiger partial charge >= 0.3 is 6.03 Å². The summed E-state index contributed by atoms with van der Waals surface area (Å²) >= 11 is 0. The van der Waals surface area contributed by atoms with Crippen LogP contribution in [0.4, 0.5) is 10.5 Å². The Labute approximate surface area is 185 Å². The number of carbonyl (C=O) groups is 1. The van der Waals surface area contributed by atoms with Crippen LogP contribution in [0.15, 0.2) is 54.7 Å². The highest BCUT2D eigenvalue weighted by Crippen LogP contribution is 2.40. The van der Waals surface area contributed by atoms with Gasteiger partial charge in [0.1, 0.15) is 11.4 Å². The van der Waals surface area contributed by atoms with Crippen molar-refractivity contribution in [1.82, 2.24) is 20.1 Å². The number of aromatic amines is 1. The monoisotopic (exact) mass is 425 g/mol. The number of fused-ring (bicyclic) bond motifs is 3. The molecule has 0 bridgehead atoms. The maximum atomic E-state index is 13.1. The van der Waals surface area contributed by atoms with Crippen LogP contribution in [0, 0.1) is 6.92 Å². The Morgan fingerprint density at radius 3 is 2.97 bits per heavy atom. The minimum atomic E-state index is -0.0805. The molecule has 2 amide bonds. The smallest absolute Gasteiger partial charge is 0.322 e. The number of amides is 2. The first-order valence-corrected chi connectivity index (χ1v) is 10.9. The Balaban J connectivity index is 1.41. The molecule has 0 aliphatic carbocycles. The van der Waals surface area contributed by atoms with E-state index in [4.69, 9.17) is 4.74 Å². The molecule has 2 aromatic carbocycles. The number of H-pyrrole nitrogens is 1. The van der Waals surface area contributed by atoms with Crippen LogP contribution in [0.2, 0.25) is 0 Å². The van der Waals surface area contributed by atoms with Crippen LogP contribution in [-0.2, 0) is 6.54 Å². The second kappa shape index (κ2) is 7.37. The van der Waals surface area contributed by atoms with Crippen LogP contribution in [0.25, 0.3) is 22.2 Å². The van der Waals surface area contributed by atoms with Gasteiger partial charge in [-0.15, -0.1) is 0 Å². The van der Waals surface area contributed by atoms with Gasteiger partial charge in [-0.25, -0.2) is 4.79 Å². The molecule has 1 unspecified atom stereocenters. The number of urea groups is 1. The number of nitrogens with one attached hydrogen (secondary N) is 2. The number of pyridine rings is 1. The van der Waals surface area contributed by atoms with Crippen LogP contribution in [0.5, 0.6) is 5.75 Å². The van der Waals surface area contributed by atoms with Gasteiger partial charge in [0, 0.05) is 34.1 Å². The lowest BCUT2D eigenvalue weighted by atomic mass is 9.97. The number of benzene rings is 2. The number of rotatable bonds is 2. The Hall–Kier alpha value is -3.87. The lowest BCUT2D eigenvalue weighted by Crippen LogP contribution is -2.41. The second-order valence-electron chi connectivity index (χ2n) is 8.42. The molecule has 160 valence electrons. The normalized spacial score (nSPS) is 17.8. The van der Waals surface area contributed by atoms with Crippen LogP contribution in [-0.4, -0.2) is 32.7 Å². The molecule has 4 heterocycles. The third-order valence-electron chi connectivity index (χ3n) is 6.33. The number of nitrogens with zero attached hydrogens (tertiary/aromatic N) is 3. The summed E-state index contributed by atoms with van der Waals surface area (Å²) in [5.74, 6) is 0.870. The van der Waals surface area contributed by atoms with E-state index in [2.05, 4.69) is 32.6 Å². The van der Waals surface area contributed by atoms with Gasteiger partial charge in [-0.2, -0.15) is 5.10 Å². The van der Waals surface area contributed by atoms with E-state index in [1.54, 1.807) is 6.20 Å². The highest BCUT2D eigenvalue weighted by molar-refractivity contribution is 6.00. The predicted molar refractivity (Wildman–Crippen MR) is 123 cm³/mol. The maximum Gasteiger partial charge on any atom is 0.322 e. The molecular formula is C25H23N5O2. The molecule has 2 N–H and O–H groups in total. The molecule has 2 aliphatic heterocycles. The summed E-state index contributed by atoms with van der Waals surface area (Å²) in [7, 11) is 0. The largest absolute Gasteiger partial charge is 0.493 e. The Kier molecular flexibility index (Phi) is 4.35. The van der Waals surface area contributed by atoms with Gasteiger partial charge in [-0.3, -0.25) is 10.1 Å². The van der Waals surface area contributed by atoms with E-state index in [1.165, 1.54) is 0 Å². The van der Waals surface area contributed by atoms with Gasteiger partial charge in [-0.1, -0.05) is 18.2 Å². The Morgan fingerprint density at radius 1 is 1.16 bits per heavy atom. The van der Waals surface area contributed by atoms with Crippen LogP contribution < -0.4 is 10.1 Å². The number of aryl methyl sites for hydroxylation is 1. The molecule has 7 heteroatoms. The van der Waals surface area contributed by atoms with Crippen molar-refractivity contribution in [2.75, 3.05) is 11.9 Å². The summed E-state index contributed by atoms with van der Waals surface area (Å²) in [6.07, 6.45) is 3.58. The quantitative estimate of drug-likeness (QED) is 0.463. The molecule has 6 rings (SSSR count). The minimum Gasteiger partial charge on any atom is -0.493 e.